The van der Waals surface area contributed by atoms with E-state index in [0.29, 0.717) is 5.92 Å². The molecule has 5 aromatic rings. The maximum Gasteiger partial charge on any atom is 0.0159 e. The van der Waals surface area contributed by atoms with E-state index >= 15 is 0 Å². The van der Waals surface area contributed by atoms with Crippen molar-refractivity contribution < 1.29 is 0 Å². The largest absolute Gasteiger partial charge is 0.0830 e. The van der Waals surface area contributed by atoms with Gasteiger partial charge in [0, 0.05) is 16.7 Å². The Hall–Kier alpha value is -3.90. The number of benzene rings is 5. The molecule has 0 aliphatic heterocycles. The van der Waals surface area contributed by atoms with E-state index in [4.69, 9.17) is 0 Å². The highest BCUT2D eigenvalue weighted by Crippen LogP contribution is 2.59. The van der Waals surface area contributed by atoms with Crippen LogP contribution in [0.3, 0.4) is 0 Å². The molecule has 0 nitrogen and oxygen atoms in total. The van der Waals surface area contributed by atoms with Gasteiger partial charge in [0.1, 0.15) is 0 Å². The van der Waals surface area contributed by atoms with Crippen LogP contribution in [0.25, 0.3) is 56.0 Å². The van der Waals surface area contributed by atoms with E-state index < -0.39 is 0 Å². The first-order chi connectivity index (χ1) is 18.8. The van der Waals surface area contributed by atoms with Gasteiger partial charge in [0.25, 0.3) is 0 Å². The Morgan fingerprint density at radius 2 is 1.31 bits per heavy atom. The lowest BCUT2D eigenvalue weighted by Crippen LogP contribution is -2.17. The molecular formula is C39H32. The van der Waals surface area contributed by atoms with E-state index in [0.717, 1.165) is 6.42 Å². The summed E-state index contributed by atoms with van der Waals surface area (Å²) in [6.07, 6.45) is 10.6. The number of rotatable bonds is 0. The Bertz CT molecular complexity index is 2040. The highest BCUT2D eigenvalue weighted by molar-refractivity contribution is 6.11. The van der Waals surface area contributed by atoms with Crippen molar-refractivity contribution in [1.29, 1.82) is 0 Å². The monoisotopic (exact) mass is 500 g/mol. The molecule has 1 unspecified atom stereocenters. The molecule has 0 saturated heterocycles. The lowest BCUT2D eigenvalue weighted by Gasteiger charge is -2.28. The van der Waals surface area contributed by atoms with Gasteiger partial charge in [0.05, 0.1) is 0 Å². The van der Waals surface area contributed by atoms with Crippen molar-refractivity contribution in [2.45, 2.75) is 57.8 Å². The summed E-state index contributed by atoms with van der Waals surface area (Å²) < 4.78 is 0. The summed E-state index contributed by atoms with van der Waals surface area (Å²) in [6, 6.07) is 23.9. The Balaban J connectivity index is 1.40. The van der Waals surface area contributed by atoms with Crippen molar-refractivity contribution in [3.63, 3.8) is 0 Å². The number of aryl methyl sites for hydroxylation is 1. The van der Waals surface area contributed by atoms with E-state index in [9.17, 15) is 0 Å². The molecule has 4 aliphatic carbocycles. The zero-order valence-corrected chi connectivity index (χ0v) is 23.4. The SMILES string of the molecule is Cc1cc2c(c3ccccc13)-c1cc3c(cc1C2(C)C)-c1c(cc2c4c5c(ccc14)C=CCC5C=C2)C3(C)C. The summed E-state index contributed by atoms with van der Waals surface area (Å²) >= 11 is 0. The third-order valence-electron chi connectivity index (χ3n) is 10.6. The molecule has 0 aromatic heterocycles. The number of hydrogen-bond donors (Lipinski definition) is 0. The summed E-state index contributed by atoms with van der Waals surface area (Å²) in [5.74, 6) is 0.498. The summed E-state index contributed by atoms with van der Waals surface area (Å²) in [4.78, 5) is 0. The van der Waals surface area contributed by atoms with Gasteiger partial charge in [-0.1, -0.05) is 94.5 Å². The van der Waals surface area contributed by atoms with Crippen LogP contribution in [0.15, 0.2) is 72.8 Å². The Kier molecular flexibility index (Phi) is 3.83. The zero-order chi connectivity index (χ0) is 26.4. The molecule has 0 heterocycles. The highest BCUT2D eigenvalue weighted by atomic mass is 14.5. The molecule has 0 amide bonds. The van der Waals surface area contributed by atoms with Gasteiger partial charge in [0.2, 0.25) is 0 Å². The quantitative estimate of drug-likeness (QED) is 0.198. The van der Waals surface area contributed by atoms with E-state index in [1.165, 1.54) is 88.3 Å². The smallest absolute Gasteiger partial charge is 0.0159 e. The molecule has 188 valence electrons. The fourth-order valence-electron chi connectivity index (χ4n) is 8.59. The van der Waals surface area contributed by atoms with Gasteiger partial charge in [-0.05, 0) is 120 Å². The van der Waals surface area contributed by atoms with Crippen molar-refractivity contribution >= 4 is 33.7 Å². The summed E-state index contributed by atoms with van der Waals surface area (Å²) in [5, 5.41) is 5.68. The fraction of sp³-hybridized carbons (Fsp3) is 0.231. The maximum atomic E-state index is 2.58. The molecule has 0 spiro atoms. The van der Waals surface area contributed by atoms with Crippen LogP contribution >= 0.6 is 0 Å². The first kappa shape index (κ1) is 22.0. The van der Waals surface area contributed by atoms with Crippen molar-refractivity contribution in [2.75, 3.05) is 0 Å². The van der Waals surface area contributed by atoms with Crippen LogP contribution in [0.2, 0.25) is 0 Å². The van der Waals surface area contributed by atoms with Crippen LogP contribution < -0.4 is 0 Å². The zero-order valence-electron chi connectivity index (χ0n) is 23.4. The first-order valence-electron chi connectivity index (χ1n) is 14.5. The normalized spacial score (nSPS) is 19.8. The minimum atomic E-state index is -0.0573. The lowest BCUT2D eigenvalue weighted by molar-refractivity contribution is 0.652. The Labute approximate surface area is 230 Å². The predicted molar refractivity (Wildman–Crippen MR) is 167 cm³/mol. The average Bonchev–Trinajstić information content (AvgIpc) is 3.30. The van der Waals surface area contributed by atoms with Gasteiger partial charge in [-0.15, -0.1) is 0 Å². The summed E-state index contributed by atoms with van der Waals surface area (Å²) in [5.41, 5.74) is 17.3. The average molecular weight is 501 g/mol. The van der Waals surface area contributed by atoms with E-state index in [1.54, 1.807) is 0 Å². The van der Waals surface area contributed by atoms with E-state index in [-0.39, 0.29) is 10.8 Å². The Morgan fingerprint density at radius 1 is 0.641 bits per heavy atom. The molecule has 0 radical (unpaired) electrons. The molecular weight excluding hydrogens is 468 g/mol. The maximum absolute atomic E-state index is 2.58. The van der Waals surface area contributed by atoms with E-state index in [2.05, 4.69) is 120 Å². The van der Waals surface area contributed by atoms with Gasteiger partial charge in [-0.25, -0.2) is 0 Å². The predicted octanol–water partition coefficient (Wildman–Crippen LogP) is 10.4. The van der Waals surface area contributed by atoms with Crippen molar-refractivity contribution in [3.8, 4) is 22.3 Å². The van der Waals surface area contributed by atoms with E-state index in [1.807, 2.05) is 0 Å². The molecule has 0 fully saturated rings. The van der Waals surface area contributed by atoms with Crippen molar-refractivity contribution in [1.82, 2.24) is 0 Å². The van der Waals surface area contributed by atoms with Gasteiger partial charge in [-0.3, -0.25) is 0 Å². The first-order valence-corrected chi connectivity index (χ1v) is 14.5. The van der Waals surface area contributed by atoms with Crippen molar-refractivity contribution in [2.24, 2.45) is 0 Å². The molecule has 39 heavy (non-hydrogen) atoms. The third kappa shape index (κ3) is 2.48. The minimum absolute atomic E-state index is 0.0413. The van der Waals surface area contributed by atoms with Crippen molar-refractivity contribution in [3.05, 3.63) is 117 Å². The molecule has 4 aliphatic rings. The standard InChI is InChI=1S/C39H32/c1-21-17-32-36(26-12-7-6-11-25(21)26)28-19-31-29(20-30(28)38(32,2)3)37-27-16-15-23-10-8-9-22-13-14-24(35(27)34(22)23)18-33(37)39(31,4)5/h6-8,10-20,22H,9H2,1-5H3. The molecule has 1 atom stereocenters. The summed E-state index contributed by atoms with van der Waals surface area (Å²) in [6.45, 7) is 12.0. The number of fused-ring (bicyclic) bond motifs is 9. The number of hydrogen-bond acceptors (Lipinski definition) is 0. The van der Waals surface area contributed by atoms with Crippen LogP contribution in [-0.4, -0.2) is 0 Å². The molecule has 0 saturated carbocycles. The Morgan fingerprint density at radius 3 is 2.05 bits per heavy atom. The lowest BCUT2D eigenvalue weighted by atomic mass is 9.75. The van der Waals surface area contributed by atoms with Crippen LogP contribution in [-0.2, 0) is 10.8 Å². The van der Waals surface area contributed by atoms with Gasteiger partial charge >= 0.3 is 0 Å². The van der Waals surface area contributed by atoms with Gasteiger partial charge in [0.15, 0.2) is 0 Å². The number of allylic oxidation sites excluding steroid dienone is 2. The van der Waals surface area contributed by atoms with Crippen LogP contribution in [0, 0.1) is 6.92 Å². The van der Waals surface area contributed by atoms with Crippen LogP contribution in [0.5, 0.6) is 0 Å². The van der Waals surface area contributed by atoms with Crippen LogP contribution in [0.4, 0.5) is 0 Å². The van der Waals surface area contributed by atoms with Gasteiger partial charge in [-0.2, -0.15) is 0 Å². The van der Waals surface area contributed by atoms with Gasteiger partial charge < -0.3 is 0 Å². The third-order valence-corrected chi connectivity index (χ3v) is 10.6. The summed E-state index contributed by atoms with van der Waals surface area (Å²) in [7, 11) is 0. The molecule has 5 aromatic carbocycles. The van der Waals surface area contributed by atoms with Crippen LogP contribution in [0.1, 0.15) is 84.5 Å². The second-order valence-corrected chi connectivity index (χ2v) is 13.3. The molecule has 0 bridgehead atoms. The topological polar surface area (TPSA) is 0 Å². The highest BCUT2D eigenvalue weighted by Gasteiger charge is 2.43. The second-order valence-electron chi connectivity index (χ2n) is 13.3. The molecule has 0 N–H and O–H groups in total. The molecule has 9 rings (SSSR count). The minimum Gasteiger partial charge on any atom is -0.0830 e. The fourth-order valence-corrected chi connectivity index (χ4v) is 8.59. The second kappa shape index (κ2) is 6.80. The molecule has 0 heteroatoms.